The maximum absolute atomic E-state index is 5.32. The molecule has 0 saturated carbocycles. The standard InChI is InChI=1S/C63H41N3/c1-5-21-42(22-6-1)46-37-38-55(58(41-46)44-25-9-3-10-26-44)60-52-34-18-16-32-50(52)59(51-33-17-19-35-53(51)60)54-39-40-57(49-31-15-14-30-48(49)54)63-65-61(45-27-11-4-12-28-45)64-62(66-63)56-36-20-13-29-47(56)43-23-7-2-8-24-43/h1-41H. The number of fused-ring (bicyclic) bond motifs is 3. The maximum Gasteiger partial charge on any atom is 0.164 e. The molecule has 12 rings (SSSR count). The first-order valence-electron chi connectivity index (χ1n) is 22.4. The molecule has 0 aliphatic rings. The Hall–Kier alpha value is -8.79. The number of nitrogens with zero attached hydrogens (tertiary/aromatic N) is 3. The molecule has 3 nitrogen and oxygen atoms in total. The van der Waals surface area contributed by atoms with Crippen molar-refractivity contribution >= 4 is 32.3 Å². The summed E-state index contributed by atoms with van der Waals surface area (Å²) in [6.45, 7) is 0. The average molecular weight is 840 g/mol. The van der Waals surface area contributed by atoms with Crippen LogP contribution in [0.25, 0.3) is 122 Å². The fraction of sp³-hybridized carbons (Fsp3) is 0. The van der Waals surface area contributed by atoms with Crippen molar-refractivity contribution in [3.8, 4) is 89.8 Å². The van der Waals surface area contributed by atoms with Crippen LogP contribution in [0.15, 0.2) is 249 Å². The highest BCUT2D eigenvalue weighted by Gasteiger charge is 2.23. The molecule has 0 atom stereocenters. The molecule has 0 amide bonds. The quantitative estimate of drug-likeness (QED) is 0.143. The average Bonchev–Trinajstić information content (AvgIpc) is 3.40. The fourth-order valence-corrected chi connectivity index (χ4v) is 9.73. The summed E-state index contributed by atoms with van der Waals surface area (Å²) >= 11 is 0. The van der Waals surface area contributed by atoms with Gasteiger partial charge in [-0.2, -0.15) is 0 Å². The number of hydrogen-bond donors (Lipinski definition) is 0. The molecule has 0 saturated heterocycles. The Morgan fingerprint density at radius 1 is 0.182 bits per heavy atom. The van der Waals surface area contributed by atoms with Crippen molar-refractivity contribution in [3.05, 3.63) is 249 Å². The molecule has 1 heterocycles. The van der Waals surface area contributed by atoms with Crippen molar-refractivity contribution < 1.29 is 0 Å². The smallest absolute Gasteiger partial charge is 0.164 e. The number of benzene rings is 11. The lowest BCUT2D eigenvalue weighted by Gasteiger charge is -2.21. The van der Waals surface area contributed by atoms with Gasteiger partial charge in [-0.1, -0.05) is 237 Å². The Labute approximate surface area is 384 Å². The summed E-state index contributed by atoms with van der Waals surface area (Å²) in [5.74, 6) is 1.89. The fourth-order valence-electron chi connectivity index (χ4n) is 9.73. The third-order valence-electron chi connectivity index (χ3n) is 12.8. The predicted octanol–water partition coefficient (Wildman–Crippen LogP) is 16.7. The second-order valence-corrected chi connectivity index (χ2v) is 16.6. The Bertz CT molecular complexity index is 3680. The van der Waals surface area contributed by atoms with Crippen LogP contribution in [0.5, 0.6) is 0 Å². The lowest BCUT2D eigenvalue weighted by atomic mass is 9.82. The molecule has 1 aromatic heterocycles. The van der Waals surface area contributed by atoms with Gasteiger partial charge >= 0.3 is 0 Å². The third kappa shape index (κ3) is 6.91. The molecule has 0 spiro atoms. The van der Waals surface area contributed by atoms with E-state index < -0.39 is 0 Å². The first kappa shape index (κ1) is 38.9. The van der Waals surface area contributed by atoms with Crippen molar-refractivity contribution in [1.82, 2.24) is 15.0 Å². The first-order valence-corrected chi connectivity index (χ1v) is 22.4. The van der Waals surface area contributed by atoms with Crippen molar-refractivity contribution in [1.29, 1.82) is 0 Å². The van der Waals surface area contributed by atoms with Crippen LogP contribution in [-0.2, 0) is 0 Å². The summed E-state index contributed by atoms with van der Waals surface area (Å²) in [4.78, 5) is 15.7. The van der Waals surface area contributed by atoms with E-state index in [4.69, 9.17) is 15.0 Å². The van der Waals surface area contributed by atoms with E-state index in [2.05, 4.69) is 224 Å². The van der Waals surface area contributed by atoms with Gasteiger partial charge in [-0.25, -0.2) is 15.0 Å². The largest absolute Gasteiger partial charge is 0.208 e. The minimum atomic E-state index is 0.627. The zero-order valence-electron chi connectivity index (χ0n) is 36.0. The monoisotopic (exact) mass is 839 g/mol. The van der Waals surface area contributed by atoms with Gasteiger partial charge in [-0.05, 0) is 100 Å². The molecule has 12 aromatic rings. The highest BCUT2D eigenvalue weighted by molar-refractivity contribution is 6.25. The Balaban J connectivity index is 1.08. The molecule has 0 bridgehead atoms. The summed E-state index contributed by atoms with van der Waals surface area (Å²) in [7, 11) is 0. The molecule has 3 heteroatoms. The summed E-state index contributed by atoms with van der Waals surface area (Å²) in [5.41, 5.74) is 14.6. The van der Waals surface area contributed by atoms with E-state index in [1.165, 1.54) is 60.5 Å². The predicted molar refractivity (Wildman–Crippen MR) is 276 cm³/mol. The van der Waals surface area contributed by atoms with Gasteiger partial charge in [-0.3, -0.25) is 0 Å². The highest BCUT2D eigenvalue weighted by Crippen LogP contribution is 2.48. The molecule has 66 heavy (non-hydrogen) atoms. The van der Waals surface area contributed by atoms with Crippen LogP contribution < -0.4 is 0 Å². The third-order valence-corrected chi connectivity index (χ3v) is 12.8. The lowest BCUT2D eigenvalue weighted by Crippen LogP contribution is -2.01. The van der Waals surface area contributed by atoms with E-state index >= 15 is 0 Å². The van der Waals surface area contributed by atoms with E-state index in [1.54, 1.807) is 0 Å². The molecule has 0 aliphatic heterocycles. The molecule has 0 aliphatic carbocycles. The van der Waals surface area contributed by atoms with Crippen LogP contribution in [0, 0.1) is 0 Å². The molecular weight excluding hydrogens is 799 g/mol. The van der Waals surface area contributed by atoms with Gasteiger partial charge in [0.15, 0.2) is 17.5 Å². The van der Waals surface area contributed by atoms with Crippen molar-refractivity contribution in [2.75, 3.05) is 0 Å². The van der Waals surface area contributed by atoms with E-state index in [0.29, 0.717) is 17.5 Å². The van der Waals surface area contributed by atoms with Crippen LogP contribution in [0.2, 0.25) is 0 Å². The van der Waals surface area contributed by atoms with Crippen LogP contribution in [-0.4, -0.2) is 15.0 Å². The molecule has 0 radical (unpaired) electrons. The normalized spacial score (nSPS) is 11.3. The minimum Gasteiger partial charge on any atom is -0.208 e. The van der Waals surface area contributed by atoms with Crippen LogP contribution >= 0.6 is 0 Å². The van der Waals surface area contributed by atoms with Gasteiger partial charge in [0.05, 0.1) is 0 Å². The lowest BCUT2D eigenvalue weighted by molar-refractivity contribution is 1.08. The molecule has 11 aromatic carbocycles. The van der Waals surface area contributed by atoms with Gasteiger partial charge in [0.2, 0.25) is 0 Å². The van der Waals surface area contributed by atoms with Crippen molar-refractivity contribution in [2.45, 2.75) is 0 Å². The van der Waals surface area contributed by atoms with E-state index in [1.807, 2.05) is 24.3 Å². The van der Waals surface area contributed by atoms with Gasteiger partial charge in [0.1, 0.15) is 0 Å². The Morgan fingerprint density at radius 3 is 1.11 bits per heavy atom. The summed E-state index contributed by atoms with van der Waals surface area (Å²) in [5, 5.41) is 7.00. The van der Waals surface area contributed by atoms with Crippen molar-refractivity contribution in [2.24, 2.45) is 0 Å². The first-order chi connectivity index (χ1) is 32.8. The van der Waals surface area contributed by atoms with E-state index in [9.17, 15) is 0 Å². The molecule has 0 N–H and O–H groups in total. The van der Waals surface area contributed by atoms with E-state index in [0.717, 1.165) is 44.2 Å². The van der Waals surface area contributed by atoms with Crippen molar-refractivity contribution in [3.63, 3.8) is 0 Å². The minimum absolute atomic E-state index is 0.627. The van der Waals surface area contributed by atoms with E-state index in [-0.39, 0.29) is 0 Å². The molecule has 308 valence electrons. The van der Waals surface area contributed by atoms with Gasteiger partial charge < -0.3 is 0 Å². The SMILES string of the molecule is c1ccc(-c2ccc(-c3c4ccccc4c(-c4ccc(-c5nc(-c6ccccc6)nc(-c6ccccc6-c6ccccc6)n5)c5ccccc45)c4ccccc34)c(-c3ccccc3)c2)cc1. The van der Waals surface area contributed by atoms with Gasteiger partial charge in [0, 0.05) is 16.7 Å². The van der Waals surface area contributed by atoms with Gasteiger partial charge in [0.25, 0.3) is 0 Å². The second kappa shape index (κ2) is 16.7. The maximum atomic E-state index is 5.32. The van der Waals surface area contributed by atoms with Crippen LogP contribution in [0.4, 0.5) is 0 Å². The second-order valence-electron chi connectivity index (χ2n) is 16.6. The molecule has 0 fully saturated rings. The topological polar surface area (TPSA) is 38.7 Å². The highest BCUT2D eigenvalue weighted by atomic mass is 15.0. The van der Waals surface area contributed by atoms with Gasteiger partial charge in [-0.15, -0.1) is 0 Å². The zero-order valence-corrected chi connectivity index (χ0v) is 36.0. The summed E-state index contributed by atoms with van der Waals surface area (Å²) in [6, 6.07) is 88.5. The Kier molecular flexibility index (Phi) is 9.85. The zero-order chi connectivity index (χ0) is 43.8. The number of hydrogen-bond acceptors (Lipinski definition) is 3. The summed E-state index contributed by atoms with van der Waals surface area (Å²) in [6.07, 6.45) is 0. The summed E-state index contributed by atoms with van der Waals surface area (Å²) < 4.78 is 0. The molecular formula is C63H41N3. The van der Waals surface area contributed by atoms with Crippen LogP contribution in [0.1, 0.15) is 0 Å². The number of rotatable bonds is 8. The Morgan fingerprint density at radius 2 is 0.545 bits per heavy atom. The van der Waals surface area contributed by atoms with Crippen LogP contribution in [0.3, 0.4) is 0 Å². The molecule has 0 unspecified atom stereocenters. The number of aromatic nitrogens is 3.